The quantitative estimate of drug-likeness (QED) is 0.0158. The van der Waals surface area contributed by atoms with Gasteiger partial charge in [0.15, 0.2) is 15.3 Å². The Labute approximate surface area is 551 Å². The van der Waals surface area contributed by atoms with Gasteiger partial charge in [-0.3, -0.25) is 9.98 Å². The molecule has 0 aliphatic carbocycles. The fourth-order valence-electron chi connectivity index (χ4n) is 8.93. The van der Waals surface area contributed by atoms with Gasteiger partial charge in [-0.15, -0.1) is 12.4 Å². The predicted molar refractivity (Wildman–Crippen MR) is 382 cm³/mol. The Morgan fingerprint density at radius 3 is 1.31 bits per heavy atom. The lowest BCUT2D eigenvalue weighted by Crippen LogP contribution is -2.47. The Hall–Kier alpha value is -5.46. The van der Waals surface area contributed by atoms with E-state index in [9.17, 15) is 20.4 Å². The maximum atomic E-state index is 10.4. The zero-order chi connectivity index (χ0) is 64.8. The first-order valence-electron chi connectivity index (χ1n) is 29.6. The fraction of sp³-hybridized carbons (Fsp3) is 0.443. The van der Waals surface area contributed by atoms with Gasteiger partial charge in [0, 0.05) is 52.5 Å². The molecule has 0 amide bonds. The molecule has 480 valence electrons. The third kappa shape index (κ3) is 30.4. The smallest absolute Gasteiger partial charge is 0.166 e. The molecular weight excluding hydrogens is 1200 g/mol. The Balaban J connectivity index is 0.000000363. The van der Waals surface area contributed by atoms with E-state index in [4.69, 9.17) is 45.8 Å². The Bertz CT molecular complexity index is 3020. The summed E-state index contributed by atoms with van der Waals surface area (Å²) in [7, 11) is 0. The van der Waals surface area contributed by atoms with Crippen LogP contribution in [0.3, 0.4) is 0 Å². The van der Waals surface area contributed by atoms with Gasteiger partial charge >= 0.3 is 0 Å². The van der Waals surface area contributed by atoms with Crippen molar-refractivity contribution in [2.45, 2.75) is 159 Å². The van der Waals surface area contributed by atoms with Crippen molar-refractivity contribution in [3.63, 3.8) is 0 Å². The summed E-state index contributed by atoms with van der Waals surface area (Å²) in [6.07, 6.45) is 4.90. The second-order valence-corrected chi connectivity index (χ2v) is 29.2. The highest BCUT2D eigenvalue weighted by molar-refractivity contribution is 8.15. The van der Waals surface area contributed by atoms with Crippen LogP contribution in [0.25, 0.3) is 10.4 Å². The predicted octanol–water partition coefficient (Wildman–Crippen LogP) is 16.1. The molecule has 10 N–H and O–H groups in total. The summed E-state index contributed by atoms with van der Waals surface area (Å²) in [5, 5.41) is 50.7. The number of amidine groups is 1. The molecule has 2 aliphatic heterocycles. The minimum Gasteiger partial charge on any atom is -0.385 e. The third-order valence-corrected chi connectivity index (χ3v) is 17.2. The van der Waals surface area contributed by atoms with Crippen LogP contribution < -0.4 is 22.1 Å². The van der Waals surface area contributed by atoms with E-state index in [0.29, 0.717) is 54.6 Å². The van der Waals surface area contributed by atoms with Gasteiger partial charge in [-0.2, -0.15) is 0 Å². The normalized spacial score (nSPS) is 18.8. The molecule has 13 nitrogen and oxygen atoms in total. The van der Waals surface area contributed by atoms with E-state index in [2.05, 4.69) is 136 Å². The number of nitrogens with zero attached hydrogens (tertiary/aromatic N) is 5. The molecule has 0 fully saturated rings. The van der Waals surface area contributed by atoms with Gasteiger partial charge in [-0.1, -0.05) is 243 Å². The van der Waals surface area contributed by atoms with E-state index < -0.39 is 21.9 Å². The summed E-state index contributed by atoms with van der Waals surface area (Å²) < 4.78 is 0.302. The largest absolute Gasteiger partial charge is 0.385 e. The number of alkyl halides is 1. The van der Waals surface area contributed by atoms with Gasteiger partial charge in [0.25, 0.3) is 0 Å². The number of benzene rings is 6. The van der Waals surface area contributed by atoms with Crippen LogP contribution in [0.4, 0.5) is 0 Å². The molecule has 6 atom stereocenters. The Morgan fingerprint density at radius 2 is 0.955 bits per heavy atom. The first-order valence-corrected chi connectivity index (χ1v) is 32.1. The first kappa shape index (κ1) is 78.6. The van der Waals surface area contributed by atoms with Crippen molar-refractivity contribution in [1.82, 2.24) is 10.6 Å². The van der Waals surface area contributed by atoms with E-state index in [-0.39, 0.29) is 27.4 Å². The standard InChI is InChI=1S/C16H23NS.C15H24N2OS.C11H14N2S.C10H13N3O.C10H15NO.C8H9ClO.ClH/c1-15(2,3)12-14-17-11-10-16(4,18-14)13-8-6-5-7-9-13;1-14(2,3)17-13(19)16-11-10-15(4,18)12-8-6-5-7-9-12;1-11(7-8-13-10(12)14-11)9-5-3-2-4-6-9;1-10(14,7-8-12-13-11)9-5-3-2-4-6-9;1-10(12,7-8-11)9-5-3-2-4-6-9;1-8(9,10)7-5-3-2-4-6-7;/h5-9H,10-12H2,1-4H3;5-9,18H,10-11H2,1-4H3,(H2,16,17,19);2-6H,7-8H2,1H3,(H2,12,13);2-6,14H,7-8H2,1H3;2-6,12H,7-8,11H2,1H3;2-6,10H,1H3;1H. The van der Waals surface area contributed by atoms with Crippen LogP contribution >= 0.6 is 59.7 Å². The van der Waals surface area contributed by atoms with Gasteiger partial charge in [0.05, 0.1) is 21.8 Å². The molecule has 6 aromatic rings. The summed E-state index contributed by atoms with van der Waals surface area (Å²) in [4.78, 5) is 11.6. The summed E-state index contributed by atoms with van der Waals surface area (Å²) in [5.74, 6) is 0. The number of thiocarbonyl (C=S) groups is 1. The molecular formula is C70H99Cl2N9O4S3. The summed E-state index contributed by atoms with van der Waals surface area (Å²) in [6, 6.07) is 59.1. The van der Waals surface area contributed by atoms with Gasteiger partial charge < -0.3 is 42.5 Å². The minimum absolute atomic E-state index is 0. The van der Waals surface area contributed by atoms with Crippen molar-refractivity contribution in [2.24, 2.45) is 32.0 Å². The Morgan fingerprint density at radius 1 is 0.591 bits per heavy atom. The lowest BCUT2D eigenvalue weighted by molar-refractivity contribution is 0.0490. The number of thioether (sulfide) groups is 2. The first-order chi connectivity index (χ1) is 40.7. The molecule has 8 rings (SSSR count). The average molecular weight is 1300 g/mol. The van der Waals surface area contributed by atoms with Crippen LogP contribution in [0.15, 0.2) is 197 Å². The summed E-state index contributed by atoms with van der Waals surface area (Å²) in [6.45, 7) is 27.7. The van der Waals surface area contributed by atoms with Gasteiger partial charge in [-0.05, 0) is 158 Å². The average Bonchev–Trinajstić information content (AvgIpc) is 3.54. The van der Waals surface area contributed by atoms with Crippen LogP contribution in [0.1, 0.15) is 155 Å². The van der Waals surface area contributed by atoms with Crippen LogP contribution in [0.2, 0.25) is 0 Å². The van der Waals surface area contributed by atoms with E-state index >= 15 is 0 Å². The molecule has 0 spiro atoms. The molecule has 0 bridgehead atoms. The summed E-state index contributed by atoms with van der Waals surface area (Å²) >= 11 is 14.5. The summed E-state index contributed by atoms with van der Waals surface area (Å²) in [5.41, 5.74) is 23.2. The number of aliphatic hydroxyl groups is 4. The van der Waals surface area contributed by atoms with E-state index in [1.807, 2.05) is 134 Å². The topological polar surface area (TPSA) is 231 Å². The maximum absolute atomic E-state index is 10.4. The SMILES string of the molecule is CC(C)(C)CC1=NCCC(C)(c2ccccc2)S1.CC(C)(C)NC(=S)NCCC(C)(O)c1ccccc1.CC(O)(CCN)c1ccccc1.CC(O)(CCN=[N+]=[N-])c1ccccc1.CC(O)(Cl)c1ccccc1.CC1(c2ccccc2)CCN=C(N)S1.Cl. The highest BCUT2D eigenvalue weighted by atomic mass is 35.5. The monoisotopic (exact) mass is 1300 g/mol. The Kier molecular flexibility index (Phi) is 33.6. The van der Waals surface area contributed by atoms with Gasteiger partial charge in [-0.25, -0.2) is 0 Å². The lowest BCUT2D eigenvalue weighted by Gasteiger charge is -2.34. The molecule has 0 radical (unpaired) electrons. The molecule has 2 heterocycles. The molecule has 88 heavy (non-hydrogen) atoms. The van der Waals surface area contributed by atoms with Crippen LogP contribution in [-0.4, -0.2) is 74.0 Å². The number of azide groups is 1. The lowest BCUT2D eigenvalue weighted by atomic mass is 9.92. The zero-order valence-corrected chi connectivity index (χ0v) is 57.8. The number of nitrogens with two attached hydrogens (primary N) is 2. The molecule has 0 aromatic heterocycles. The van der Waals surface area contributed by atoms with Crippen LogP contribution in [0.5, 0.6) is 0 Å². The van der Waals surface area contributed by atoms with Gasteiger partial charge in [0.2, 0.25) is 0 Å². The molecule has 6 unspecified atom stereocenters. The van der Waals surface area contributed by atoms with Crippen LogP contribution in [0, 0.1) is 5.41 Å². The fourth-order valence-corrected chi connectivity index (χ4v) is 12.2. The highest BCUT2D eigenvalue weighted by Gasteiger charge is 2.34. The van der Waals surface area contributed by atoms with Gasteiger partial charge in [0.1, 0.15) is 0 Å². The van der Waals surface area contributed by atoms with E-state index in [1.165, 1.54) is 16.2 Å². The highest BCUT2D eigenvalue weighted by Crippen LogP contribution is 2.45. The molecule has 18 heteroatoms. The third-order valence-electron chi connectivity index (χ3n) is 14.1. The van der Waals surface area contributed by atoms with Crippen molar-refractivity contribution in [1.29, 1.82) is 0 Å². The number of aliphatic imine (C=N–C) groups is 2. The molecule has 0 saturated carbocycles. The van der Waals surface area contributed by atoms with E-state index in [1.54, 1.807) is 44.7 Å². The van der Waals surface area contributed by atoms with Crippen LogP contribution in [-0.2, 0) is 31.4 Å². The molecule has 6 aromatic carbocycles. The van der Waals surface area contributed by atoms with E-state index in [0.717, 1.165) is 54.6 Å². The number of hydrogen-bond acceptors (Lipinski definition) is 12. The van der Waals surface area contributed by atoms with Crippen molar-refractivity contribution < 1.29 is 20.4 Å². The molecule has 2 aliphatic rings. The van der Waals surface area contributed by atoms with Crippen molar-refractivity contribution >= 4 is 75.1 Å². The maximum Gasteiger partial charge on any atom is 0.166 e. The number of rotatable bonds is 15. The second kappa shape index (κ2) is 37.6. The number of hydrogen-bond donors (Lipinski definition) is 8. The number of nitrogens with one attached hydrogen (secondary N) is 2. The second-order valence-electron chi connectivity index (χ2n) is 25.0. The zero-order valence-electron chi connectivity index (χ0n) is 53.8. The van der Waals surface area contributed by atoms with Crippen molar-refractivity contribution in [3.8, 4) is 0 Å². The number of halogens is 2. The van der Waals surface area contributed by atoms with Crippen molar-refractivity contribution in [2.75, 3.05) is 32.7 Å². The van der Waals surface area contributed by atoms with Crippen molar-refractivity contribution in [3.05, 3.63) is 226 Å². The minimum atomic E-state index is -1.23. The molecule has 0 saturated heterocycles.